The summed E-state index contributed by atoms with van der Waals surface area (Å²) in [5.41, 5.74) is 1.31. The number of halogens is 1. The second-order valence-corrected chi connectivity index (χ2v) is 8.72. The Kier molecular flexibility index (Phi) is 8.29. The Morgan fingerprint density at radius 3 is 2.58 bits per heavy atom. The highest BCUT2D eigenvalue weighted by Crippen LogP contribution is 2.35. The lowest BCUT2D eigenvalue weighted by Crippen LogP contribution is -2.42. The third kappa shape index (κ3) is 6.23. The van der Waals surface area contributed by atoms with E-state index in [4.69, 9.17) is 9.47 Å². The molecule has 10 heteroatoms. The van der Waals surface area contributed by atoms with Crippen LogP contribution >= 0.6 is 27.7 Å². The van der Waals surface area contributed by atoms with E-state index in [1.165, 1.54) is 6.92 Å². The van der Waals surface area contributed by atoms with E-state index in [1.54, 1.807) is 43.3 Å². The second-order valence-electron chi connectivity index (χ2n) is 6.87. The van der Waals surface area contributed by atoms with Gasteiger partial charge in [-0.25, -0.2) is 4.79 Å². The zero-order chi connectivity index (χ0) is 24.0. The molecule has 1 fully saturated rings. The molecule has 0 spiro atoms. The van der Waals surface area contributed by atoms with Gasteiger partial charge in [0.25, 0.3) is 17.1 Å². The van der Waals surface area contributed by atoms with E-state index in [2.05, 4.69) is 21.2 Å². The van der Waals surface area contributed by atoms with E-state index in [9.17, 15) is 19.2 Å². The van der Waals surface area contributed by atoms with Gasteiger partial charge in [0.2, 0.25) is 0 Å². The minimum absolute atomic E-state index is 0.158. The molecular weight excluding hydrogens is 512 g/mol. The summed E-state index contributed by atoms with van der Waals surface area (Å²) in [6, 6.07) is 13.1. The van der Waals surface area contributed by atoms with Crippen molar-refractivity contribution in [1.82, 2.24) is 4.90 Å². The molecule has 0 saturated carbocycles. The van der Waals surface area contributed by atoms with Gasteiger partial charge in [-0.15, -0.1) is 0 Å². The Hall–Kier alpha value is -3.11. The predicted octanol–water partition coefficient (Wildman–Crippen LogP) is 4.45. The largest absolute Gasteiger partial charge is 0.483 e. The topological polar surface area (TPSA) is 102 Å². The summed E-state index contributed by atoms with van der Waals surface area (Å²) in [6.07, 6.45) is 1.55. The summed E-state index contributed by atoms with van der Waals surface area (Å²) in [7, 11) is 0. The summed E-state index contributed by atoms with van der Waals surface area (Å²) in [6.45, 7) is 3.08. The van der Waals surface area contributed by atoms with Crippen molar-refractivity contribution in [3.8, 4) is 5.75 Å². The van der Waals surface area contributed by atoms with Crippen molar-refractivity contribution >= 4 is 62.5 Å². The molecule has 1 heterocycles. The minimum atomic E-state index is -1.01. The highest BCUT2D eigenvalue weighted by atomic mass is 79.9. The molecule has 1 saturated heterocycles. The number of amides is 3. The Morgan fingerprint density at radius 1 is 1.18 bits per heavy atom. The molecule has 33 heavy (non-hydrogen) atoms. The summed E-state index contributed by atoms with van der Waals surface area (Å²) >= 11 is 4.15. The van der Waals surface area contributed by atoms with Gasteiger partial charge < -0.3 is 14.8 Å². The number of hydrogen-bond donors (Lipinski definition) is 1. The fourth-order valence-electron chi connectivity index (χ4n) is 2.92. The molecule has 172 valence electrons. The maximum Gasteiger partial charge on any atom is 0.329 e. The zero-order valence-corrected chi connectivity index (χ0v) is 20.3. The van der Waals surface area contributed by atoms with E-state index in [1.807, 2.05) is 18.2 Å². The van der Waals surface area contributed by atoms with Crippen molar-refractivity contribution in [1.29, 1.82) is 0 Å². The number of anilines is 1. The van der Waals surface area contributed by atoms with Gasteiger partial charge in [0.05, 0.1) is 16.0 Å². The Morgan fingerprint density at radius 2 is 1.91 bits per heavy atom. The van der Waals surface area contributed by atoms with Crippen molar-refractivity contribution in [2.45, 2.75) is 19.9 Å². The van der Waals surface area contributed by atoms with Crippen LogP contribution in [-0.4, -0.2) is 47.2 Å². The standard InChI is InChI=1S/C23H21BrN2O6S/c1-3-31-22(29)14(2)26-21(28)19(33-23(26)30)12-15-9-10-18(17(24)11-15)32-13-20(27)25-16-7-5-4-6-8-16/h4-12,14H,3,13H2,1-2H3,(H,25,27)/b19-12-/t14-/m1/s1. The van der Waals surface area contributed by atoms with E-state index in [0.29, 0.717) is 21.5 Å². The third-order valence-corrected chi connectivity index (χ3v) is 6.01. The number of benzene rings is 2. The average Bonchev–Trinajstić information content (AvgIpc) is 3.06. The number of hydrogen-bond acceptors (Lipinski definition) is 7. The Labute approximate surface area is 203 Å². The first-order chi connectivity index (χ1) is 15.8. The summed E-state index contributed by atoms with van der Waals surface area (Å²) in [4.78, 5) is 50.1. The maximum atomic E-state index is 12.7. The lowest BCUT2D eigenvalue weighted by molar-refractivity contribution is -0.150. The fourth-order valence-corrected chi connectivity index (χ4v) is 4.34. The van der Waals surface area contributed by atoms with Crippen molar-refractivity contribution in [3.05, 3.63) is 63.5 Å². The lowest BCUT2D eigenvalue weighted by atomic mass is 10.2. The molecule has 1 N–H and O–H groups in total. The summed E-state index contributed by atoms with van der Waals surface area (Å²) in [5.74, 6) is -1.05. The minimum Gasteiger partial charge on any atom is -0.483 e. The Balaban J connectivity index is 1.64. The van der Waals surface area contributed by atoms with Crippen LogP contribution in [0.25, 0.3) is 6.08 Å². The Bertz CT molecular complexity index is 1110. The van der Waals surface area contributed by atoms with Gasteiger partial charge >= 0.3 is 5.97 Å². The van der Waals surface area contributed by atoms with Crippen molar-refractivity contribution in [2.24, 2.45) is 0 Å². The number of nitrogens with zero attached hydrogens (tertiary/aromatic N) is 1. The first kappa shape index (κ1) is 24.5. The van der Waals surface area contributed by atoms with E-state index in [0.717, 1.165) is 16.7 Å². The number of rotatable bonds is 8. The molecular formula is C23H21BrN2O6S. The number of esters is 1. The normalized spacial score (nSPS) is 15.5. The van der Waals surface area contributed by atoms with Crippen molar-refractivity contribution < 1.29 is 28.7 Å². The van der Waals surface area contributed by atoms with Crippen LogP contribution < -0.4 is 10.1 Å². The highest BCUT2D eigenvalue weighted by molar-refractivity contribution is 9.10. The van der Waals surface area contributed by atoms with E-state index < -0.39 is 23.2 Å². The molecule has 2 aromatic rings. The van der Waals surface area contributed by atoms with Crippen LogP contribution in [0.4, 0.5) is 10.5 Å². The monoisotopic (exact) mass is 532 g/mol. The van der Waals surface area contributed by atoms with Crippen LogP contribution in [0, 0.1) is 0 Å². The van der Waals surface area contributed by atoms with Crippen LogP contribution in [0.15, 0.2) is 57.9 Å². The van der Waals surface area contributed by atoms with Gasteiger partial charge in [-0.1, -0.05) is 24.3 Å². The first-order valence-electron chi connectivity index (χ1n) is 10.0. The molecule has 1 atom stereocenters. The highest BCUT2D eigenvalue weighted by Gasteiger charge is 2.41. The van der Waals surface area contributed by atoms with Gasteiger partial charge in [0.15, 0.2) is 6.61 Å². The van der Waals surface area contributed by atoms with Gasteiger partial charge in [-0.3, -0.25) is 19.3 Å². The number of carbonyl (C=O) groups excluding carboxylic acids is 4. The molecule has 0 aliphatic carbocycles. The van der Waals surface area contributed by atoms with Gasteiger partial charge in [0, 0.05) is 5.69 Å². The molecule has 2 aromatic carbocycles. The van der Waals surface area contributed by atoms with E-state index in [-0.39, 0.29) is 24.0 Å². The number of nitrogens with one attached hydrogen (secondary N) is 1. The van der Waals surface area contributed by atoms with Gasteiger partial charge in [-0.05, 0) is 77.4 Å². The quantitative estimate of drug-likeness (QED) is 0.395. The molecule has 1 aliphatic rings. The fraction of sp³-hybridized carbons (Fsp3) is 0.217. The third-order valence-electron chi connectivity index (χ3n) is 4.51. The lowest BCUT2D eigenvalue weighted by Gasteiger charge is -2.19. The molecule has 3 amide bonds. The maximum absolute atomic E-state index is 12.7. The van der Waals surface area contributed by atoms with Gasteiger partial charge in [-0.2, -0.15) is 0 Å². The van der Waals surface area contributed by atoms with Crippen LogP contribution in [0.3, 0.4) is 0 Å². The molecule has 0 unspecified atom stereocenters. The van der Waals surface area contributed by atoms with E-state index >= 15 is 0 Å². The number of carbonyl (C=O) groups is 4. The smallest absolute Gasteiger partial charge is 0.329 e. The van der Waals surface area contributed by atoms with Crippen molar-refractivity contribution in [2.75, 3.05) is 18.5 Å². The molecule has 0 bridgehead atoms. The van der Waals surface area contributed by atoms with Crippen LogP contribution in [-0.2, 0) is 19.1 Å². The van der Waals surface area contributed by atoms with Crippen LogP contribution in [0.1, 0.15) is 19.4 Å². The molecule has 1 aliphatic heterocycles. The van der Waals surface area contributed by atoms with Gasteiger partial charge in [0.1, 0.15) is 11.8 Å². The number of para-hydroxylation sites is 1. The summed E-state index contributed by atoms with van der Waals surface area (Å²) in [5, 5.41) is 2.20. The number of thioether (sulfide) groups is 1. The second kappa shape index (κ2) is 11.2. The van der Waals surface area contributed by atoms with Crippen LogP contribution in [0.5, 0.6) is 5.75 Å². The molecule has 0 radical (unpaired) electrons. The molecule has 8 nitrogen and oxygen atoms in total. The number of ether oxygens (including phenoxy) is 2. The SMILES string of the molecule is CCOC(=O)[C@@H](C)N1C(=O)S/C(=C\c2ccc(OCC(=O)Nc3ccccc3)c(Br)c2)C1=O. The summed E-state index contributed by atoms with van der Waals surface area (Å²) < 4.78 is 11.0. The molecule has 3 rings (SSSR count). The number of imide groups is 1. The zero-order valence-electron chi connectivity index (χ0n) is 17.9. The first-order valence-corrected chi connectivity index (χ1v) is 11.6. The average molecular weight is 533 g/mol. The van der Waals surface area contributed by atoms with Crippen LogP contribution in [0.2, 0.25) is 0 Å². The molecule has 0 aromatic heterocycles. The van der Waals surface area contributed by atoms with Crippen molar-refractivity contribution in [3.63, 3.8) is 0 Å². The predicted molar refractivity (Wildman–Crippen MR) is 129 cm³/mol.